The van der Waals surface area contributed by atoms with Crippen molar-refractivity contribution in [2.45, 2.75) is 73.1 Å². The quantitative estimate of drug-likeness (QED) is 0.145. The molecular formula is C40H60N10O6. The average molecular weight is 777 g/mol. The number of rotatable bonds is 8. The topological polar surface area (TPSA) is 196 Å². The Hall–Kier alpha value is -5.77. The minimum absolute atomic E-state index is 0.0303. The molecule has 3 amide bonds. The molecule has 2 saturated heterocycles. The molecule has 2 aliphatic rings. The number of likely N-dealkylation sites (N-methyl/N-ethyl adjacent to an activating group) is 1. The number of imidazole rings is 3. The molecule has 0 aliphatic carbocycles. The van der Waals surface area contributed by atoms with E-state index in [1.165, 1.54) is 39.7 Å². The molecule has 0 saturated carbocycles. The fraction of sp³-hybridized carbons (Fsp3) is 0.475. The first-order valence-electron chi connectivity index (χ1n) is 19.1. The Balaban J connectivity index is 0.000000285. The van der Waals surface area contributed by atoms with Gasteiger partial charge in [-0.1, -0.05) is 64.8 Å². The van der Waals surface area contributed by atoms with Crippen LogP contribution < -0.4 is 10.6 Å². The average Bonchev–Trinajstić information content (AvgIpc) is 4.05. The highest BCUT2D eigenvalue weighted by Crippen LogP contribution is 2.27. The van der Waals surface area contributed by atoms with Gasteiger partial charge in [0.2, 0.25) is 17.7 Å². The molecule has 0 radical (unpaired) electrons. The van der Waals surface area contributed by atoms with E-state index in [0.717, 1.165) is 73.0 Å². The van der Waals surface area contributed by atoms with Gasteiger partial charge in [0.05, 0.1) is 62.8 Å². The summed E-state index contributed by atoms with van der Waals surface area (Å²) in [5.74, 6) is 1.43. The summed E-state index contributed by atoms with van der Waals surface area (Å²) in [6.07, 6.45) is 17.7. The molecule has 4 N–H and O–H groups in total. The molecule has 0 bridgehead atoms. The highest BCUT2D eigenvalue weighted by atomic mass is 16.5. The summed E-state index contributed by atoms with van der Waals surface area (Å²) >= 11 is 0. The number of nitrogens with zero attached hydrogens (tertiary/aromatic N) is 6. The van der Waals surface area contributed by atoms with Crippen molar-refractivity contribution < 1.29 is 28.3 Å². The third kappa shape index (κ3) is 16.3. The van der Waals surface area contributed by atoms with Crippen molar-refractivity contribution in [1.29, 1.82) is 0 Å². The second-order valence-electron chi connectivity index (χ2n) is 12.8. The van der Waals surface area contributed by atoms with E-state index < -0.39 is 0 Å². The fourth-order valence-corrected chi connectivity index (χ4v) is 5.19. The van der Waals surface area contributed by atoms with Crippen molar-refractivity contribution >= 4 is 30.0 Å². The van der Waals surface area contributed by atoms with Gasteiger partial charge >= 0.3 is 5.84 Å². The van der Waals surface area contributed by atoms with E-state index in [-0.39, 0.29) is 24.3 Å². The van der Waals surface area contributed by atoms with Crippen LogP contribution in [-0.4, -0.2) is 117 Å². The third-order valence-corrected chi connectivity index (χ3v) is 7.74. The number of H-pyrrole nitrogens is 2. The van der Waals surface area contributed by atoms with Gasteiger partial charge in [-0.2, -0.15) is 4.98 Å². The zero-order chi connectivity index (χ0) is 41.1. The molecule has 4 aromatic heterocycles. The van der Waals surface area contributed by atoms with Crippen LogP contribution in [0.25, 0.3) is 39.8 Å². The van der Waals surface area contributed by atoms with Crippen LogP contribution in [0.15, 0.2) is 66.1 Å². The lowest BCUT2D eigenvalue weighted by atomic mass is 10.1. The number of methoxy groups -OCH3 is 1. The van der Waals surface area contributed by atoms with Gasteiger partial charge in [0, 0.05) is 44.9 Å². The maximum absolute atomic E-state index is 11.3. The minimum Gasteiger partial charge on any atom is -0.471 e. The number of hydrogen-bond donors (Lipinski definition) is 4. The number of aromatic amines is 2. The number of nitrogens with one attached hydrogen (secondary N) is 4. The van der Waals surface area contributed by atoms with E-state index in [0.29, 0.717) is 18.9 Å². The molecule has 0 unspecified atom stereocenters. The molecule has 0 atom stereocenters. The summed E-state index contributed by atoms with van der Waals surface area (Å²) in [5, 5.41) is 5.35. The lowest BCUT2D eigenvalue weighted by molar-refractivity contribution is -0.131. The second-order valence-corrected chi connectivity index (χ2v) is 12.8. The highest BCUT2D eigenvalue weighted by Gasteiger charge is 2.18. The first-order valence-corrected chi connectivity index (χ1v) is 19.1. The monoisotopic (exact) mass is 776 g/mol. The Morgan fingerprint density at radius 3 is 1.71 bits per heavy atom. The first kappa shape index (κ1) is 46.4. The normalized spacial score (nSPS) is 12.6. The van der Waals surface area contributed by atoms with E-state index in [4.69, 9.17) is 9.21 Å². The Labute approximate surface area is 329 Å². The Morgan fingerprint density at radius 1 is 0.804 bits per heavy atom. The van der Waals surface area contributed by atoms with Crippen LogP contribution >= 0.6 is 0 Å². The van der Waals surface area contributed by atoms with E-state index in [1.54, 1.807) is 37.0 Å². The van der Waals surface area contributed by atoms with Gasteiger partial charge < -0.3 is 39.6 Å². The summed E-state index contributed by atoms with van der Waals surface area (Å²) in [6, 6.07) is 8.10. The molecule has 7 rings (SSSR count). The number of amides is 3. The van der Waals surface area contributed by atoms with Crippen molar-refractivity contribution in [3.8, 4) is 34.0 Å². The molecule has 306 valence electrons. The number of carbonyl (C=O) groups excluding carboxylic acids is 4. The van der Waals surface area contributed by atoms with Crippen molar-refractivity contribution in [3.05, 3.63) is 61.7 Å². The molecule has 16 heteroatoms. The van der Waals surface area contributed by atoms with Gasteiger partial charge in [-0.15, -0.1) is 0 Å². The Morgan fingerprint density at radius 2 is 1.29 bits per heavy atom. The SMILES string of the molecule is CC(=O)NCC(=O)N1CCCC1.CCC.CCC.CNCC(=O)N1CCCC1.COC=O.c1ncc(-c2ccc(-c3cn4cc(-c5cnc[nH]5)nc4o3)cc2)[nH]1. The molecular weight excluding hydrogens is 717 g/mol. The van der Waals surface area contributed by atoms with Gasteiger partial charge in [0.15, 0.2) is 5.76 Å². The van der Waals surface area contributed by atoms with Crippen molar-refractivity contribution in [2.75, 3.05) is 53.4 Å². The number of benzene rings is 1. The van der Waals surface area contributed by atoms with Crippen molar-refractivity contribution in [1.82, 2.24) is 49.8 Å². The summed E-state index contributed by atoms with van der Waals surface area (Å²) in [5.41, 5.74) is 4.72. The molecule has 2 fully saturated rings. The third-order valence-electron chi connectivity index (χ3n) is 7.74. The van der Waals surface area contributed by atoms with Crippen LogP contribution in [0, 0.1) is 0 Å². The zero-order valence-electron chi connectivity index (χ0n) is 34.0. The maximum Gasteiger partial charge on any atom is 0.306 e. The van der Waals surface area contributed by atoms with Gasteiger partial charge in [-0.25, -0.2) is 9.97 Å². The zero-order valence-corrected chi connectivity index (χ0v) is 34.0. The predicted octanol–water partition coefficient (Wildman–Crippen LogP) is 5.57. The number of aromatic nitrogens is 6. The Bertz CT molecular complexity index is 1750. The molecule has 56 heavy (non-hydrogen) atoms. The standard InChI is InChI=1S/C17H12N6O.C8H14N2O2.C7H14N2O.2C3H8.C2H4O2/c1-3-12(4-2-11(1)13-5-18-9-20-13)16-8-23-7-15(22-17(23)24-16)14-6-19-10-21-14;1-7(11)9-6-8(12)10-4-2-3-5-10;1-8-6-7(10)9-4-2-3-5-9;2*1-3-2;1-4-2-3/h1-10H,(H,18,20)(H,19,21);2-6H2,1H3,(H,9,11);8H,2-6H2,1H3;2*3H2,1-2H3;2H,1H3. The van der Waals surface area contributed by atoms with Gasteiger partial charge in [0.25, 0.3) is 6.47 Å². The number of carbonyl (C=O) groups is 4. The predicted molar refractivity (Wildman–Crippen MR) is 217 cm³/mol. The lowest BCUT2D eigenvalue weighted by Crippen LogP contribution is -2.37. The summed E-state index contributed by atoms with van der Waals surface area (Å²) in [4.78, 5) is 64.1. The van der Waals surface area contributed by atoms with Gasteiger partial charge in [0.1, 0.15) is 5.69 Å². The van der Waals surface area contributed by atoms with Gasteiger partial charge in [-0.3, -0.25) is 23.6 Å². The van der Waals surface area contributed by atoms with Crippen LogP contribution in [-0.2, 0) is 23.9 Å². The molecule has 2 aliphatic heterocycles. The largest absolute Gasteiger partial charge is 0.471 e. The smallest absolute Gasteiger partial charge is 0.306 e. The highest BCUT2D eigenvalue weighted by molar-refractivity contribution is 5.83. The van der Waals surface area contributed by atoms with Crippen LogP contribution in [0.2, 0.25) is 0 Å². The van der Waals surface area contributed by atoms with Crippen LogP contribution in [0.1, 0.15) is 73.1 Å². The van der Waals surface area contributed by atoms with Crippen LogP contribution in [0.5, 0.6) is 0 Å². The summed E-state index contributed by atoms with van der Waals surface area (Å²) < 4.78 is 11.6. The van der Waals surface area contributed by atoms with E-state index in [1.807, 2.05) is 46.0 Å². The molecule has 16 nitrogen and oxygen atoms in total. The molecule has 1 aromatic carbocycles. The van der Waals surface area contributed by atoms with E-state index in [9.17, 15) is 14.4 Å². The van der Waals surface area contributed by atoms with Crippen LogP contribution in [0.3, 0.4) is 0 Å². The number of oxazole rings is 1. The first-order chi connectivity index (χ1) is 27.1. The molecule has 0 spiro atoms. The number of fused-ring (bicyclic) bond motifs is 1. The van der Waals surface area contributed by atoms with Crippen molar-refractivity contribution in [2.24, 2.45) is 0 Å². The van der Waals surface area contributed by atoms with E-state index in [2.05, 4.69) is 68.0 Å². The summed E-state index contributed by atoms with van der Waals surface area (Å²) in [6.45, 7) is 14.5. The second kappa shape index (κ2) is 26.9. The summed E-state index contributed by atoms with van der Waals surface area (Å²) in [7, 11) is 3.11. The van der Waals surface area contributed by atoms with Gasteiger partial charge in [-0.05, 0) is 38.3 Å². The number of ether oxygens (including phenoxy) is 1. The Kier molecular flexibility index (Phi) is 22.3. The van der Waals surface area contributed by atoms with E-state index >= 15 is 0 Å². The molecule has 6 heterocycles. The number of likely N-dealkylation sites (tertiary alicyclic amines) is 2. The van der Waals surface area contributed by atoms with Crippen molar-refractivity contribution in [3.63, 3.8) is 0 Å². The minimum atomic E-state index is -0.150. The van der Waals surface area contributed by atoms with Crippen LogP contribution in [0.4, 0.5) is 0 Å². The molecule has 5 aromatic rings. The lowest BCUT2D eigenvalue weighted by Gasteiger charge is -2.14. The fourth-order valence-electron chi connectivity index (χ4n) is 5.19. The number of hydrogen-bond acceptors (Lipinski definition) is 10. The maximum atomic E-state index is 11.3.